The third-order valence-electron chi connectivity index (χ3n) is 17.4. The number of ether oxygens (including phenoxy) is 5. The minimum Gasteiger partial charge on any atom is -0.479 e. The van der Waals surface area contributed by atoms with Gasteiger partial charge in [-0.05, 0) is 73.6 Å². The Bertz CT molecular complexity index is 2760. The number of benzene rings is 2. The predicted molar refractivity (Wildman–Crippen MR) is 343 cm³/mol. The first kappa shape index (κ1) is 78.4. The number of unbranched alkanes of at least 4 members (excludes halogenated alkanes) is 2. The fourth-order valence-electron chi connectivity index (χ4n) is 11.8. The van der Waals surface area contributed by atoms with Gasteiger partial charge in [0.15, 0.2) is 6.10 Å². The number of aliphatic carboxylic acids is 1. The Morgan fingerprint density at radius 1 is 0.742 bits per heavy atom. The van der Waals surface area contributed by atoms with Crippen molar-refractivity contribution in [2.24, 2.45) is 23.7 Å². The normalized spacial score (nSPS) is 21.0. The van der Waals surface area contributed by atoms with Crippen LogP contribution < -0.4 is 31.3 Å². The molecule has 10 N–H and O–H groups in total. The molecule has 2 aliphatic rings. The van der Waals surface area contributed by atoms with Gasteiger partial charge in [-0.25, -0.2) is 9.59 Å². The van der Waals surface area contributed by atoms with E-state index in [-0.39, 0.29) is 79.3 Å². The molecule has 0 bridgehead atoms. The third kappa shape index (κ3) is 22.6. The van der Waals surface area contributed by atoms with Crippen LogP contribution in [0, 0.1) is 23.7 Å². The van der Waals surface area contributed by atoms with Crippen LogP contribution in [0.25, 0.3) is 0 Å². The van der Waals surface area contributed by atoms with Crippen LogP contribution in [0.4, 0.5) is 10.5 Å². The van der Waals surface area contributed by atoms with E-state index in [1.807, 2.05) is 19.9 Å². The molecule has 15 atom stereocenters. The number of carbonyl (C=O) groups is 9. The Hall–Kier alpha value is -7.01. The maximum atomic E-state index is 14.9. The molecule has 522 valence electrons. The summed E-state index contributed by atoms with van der Waals surface area (Å²) >= 11 is 0. The van der Waals surface area contributed by atoms with Gasteiger partial charge in [-0.3, -0.25) is 38.5 Å². The summed E-state index contributed by atoms with van der Waals surface area (Å²) in [5.41, 5.74) is 0.797. The zero-order valence-electron chi connectivity index (χ0n) is 56.3. The van der Waals surface area contributed by atoms with E-state index < -0.39 is 139 Å². The molecule has 2 heterocycles. The van der Waals surface area contributed by atoms with Gasteiger partial charge in [-0.2, -0.15) is 0 Å². The summed E-state index contributed by atoms with van der Waals surface area (Å²) in [6.45, 7) is 16.7. The van der Waals surface area contributed by atoms with Crippen LogP contribution in [-0.2, 0) is 63.9 Å². The maximum absolute atomic E-state index is 14.9. The molecule has 2 aromatic carbocycles. The summed E-state index contributed by atoms with van der Waals surface area (Å²) in [6, 6.07) is 8.97. The van der Waals surface area contributed by atoms with Crippen molar-refractivity contribution in [3.05, 3.63) is 59.7 Å². The lowest BCUT2D eigenvalue weighted by Crippen LogP contribution is -2.61. The molecule has 2 saturated heterocycles. The number of likely N-dealkylation sites (tertiary alicyclic amines) is 1. The number of methoxy groups -OCH3 is 2. The first-order valence-electron chi connectivity index (χ1n) is 32.4. The van der Waals surface area contributed by atoms with Crippen LogP contribution in [0.2, 0.25) is 0 Å². The standard InChI is InChI=1S/C66H104N8O19/c1-14-16-20-31-67-48(75)26-21-27-49(76)68-32-30-50(77)70-44-34-42(28-29-46(44)92-65-58(82)56(80)57(81)60(93-65)64(86)87)36-91-66(88)73(11)53(38(5)6)62(84)71-52(37(3)4)63(85)72(10)54(39(7)15-2)47(89-12)35-51(78)74-33-22-25-45(74)59(90-13)40(8)61(83)69-41(9)55(79)43-23-18-17-19-24-43/h17-19,23-24,28-29,34,37-41,45,47,52-60,65,79-82H,14-16,20-22,25-27,30-33,35-36H2,1-13H3,(H,67,75)(H,68,76)(H,69,83)(H,70,77)(H,71,84)(H,86,87)/t39?,40?,41?,45?,47?,52?,53?,54?,55?,56-,57-,58+,59?,60-,65-/m0/s1. The minimum absolute atomic E-state index is 0.0351. The molecule has 27 nitrogen and oxygen atoms in total. The van der Waals surface area contributed by atoms with Gasteiger partial charge >= 0.3 is 12.1 Å². The number of likely N-dealkylation sites (N-methyl/N-ethyl adjacent to an activating group) is 2. The Morgan fingerprint density at radius 3 is 1.99 bits per heavy atom. The van der Waals surface area contributed by atoms with E-state index in [2.05, 4.69) is 33.5 Å². The molecule has 2 aromatic rings. The van der Waals surface area contributed by atoms with E-state index in [0.717, 1.165) is 24.2 Å². The Labute approximate surface area is 546 Å². The van der Waals surface area contributed by atoms with E-state index >= 15 is 0 Å². The lowest BCUT2D eigenvalue weighted by atomic mass is 9.89. The molecule has 2 fully saturated rings. The van der Waals surface area contributed by atoms with E-state index in [1.54, 1.807) is 77.8 Å². The molecule has 2 aliphatic heterocycles. The van der Waals surface area contributed by atoms with Gasteiger partial charge in [-0.1, -0.05) is 111 Å². The minimum atomic E-state index is -2.02. The molecule has 0 aliphatic carbocycles. The molecule has 0 spiro atoms. The van der Waals surface area contributed by atoms with Crippen LogP contribution in [-0.4, -0.2) is 215 Å². The van der Waals surface area contributed by atoms with Gasteiger partial charge in [0.25, 0.3) is 0 Å². The Kier molecular flexibility index (Phi) is 32.4. The quantitative estimate of drug-likeness (QED) is 0.0430. The van der Waals surface area contributed by atoms with Crippen LogP contribution in [0.5, 0.6) is 5.75 Å². The number of nitrogens with one attached hydrogen (secondary N) is 5. The number of carboxylic acid groups (broad SMARTS) is 1. The average molecular weight is 1310 g/mol. The second-order valence-electron chi connectivity index (χ2n) is 25.1. The Morgan fingerprint density at radius 2 is 1.40 bits per heavy atom. The predicted octanol–water partition coefficient (Wildman–Crippen LogP) is 3.77. The van der Waals surface area contributed by atoms with E-state index in [0.29, 0.717) is 37.9 Å². The number of aliphatic hydroxyl groups excluding tert-OH is 4. The molecule has 0 radical (unpaired) electrons. The highest BCUT2D eigenvalue weighted by Crippen LogP contribution is 2.33. The van der Waals surface area contributed by atoms with Crippen molar-refractivity contribution >= 4 is 59.1 Å². The van der Waals surface area contributed by atoms with Gasteiger partial charge < -0.3 is 85.6 Å². The number of anilines is 1. The van der Waals surface area contributed by atoms with Gasteiger partial charge in [0, 0.05) is 67.2 Å². The molecule has 27 heteroatoms. The van der Waals surface area contributed by atoms with E-state index in [9.17, 15) is 68.7 Å². The zero-order chi connectivity index (χ0) is 69.4. The van der Waals surface area contributed by atoms with Gasteiger partial charge in [0.1, 0.15) is 42.8 Å². The molecule has 0 saturated carbocycles. The number of amides is 8. The maximum Gasteiger partial charge on any atom is 0.410 e. The number of hydrogen-bond donors (Lipinski definition) is 10. The molecule has 93 heavy (non-hydrogen) atoms. The fourth-order valence-corrected chi connectivity index (χ4v) is 11.8. The van der Waals surface area contributed by atoms with E-state index in [4.69, 9.17) is 23.7 Å². The summed E-state index contributed by atoms with van der Waals surface area (Å²) in [5.74, 6) is -6.76. The highest BCUT2D eigenvalue weighted by molar-refractivity contribution is 5.93. The van der Waals surface area contributed by atoms with Crippen molar-refractivity contribution < 1.29 is 92.4 Å². The van der Waals surface area contributed by atoms with Crippen molar-refractivity contribution in [1.82, 2.24) is 36.0 Å². The van der Waals surface area contributed by atoms with Crippen molar-refractivity contribution in [3.8, 4) is 5.75 Å². The van der Waals surface area contributed by atoms with Crippen LogP contribution >= 0.6 is 0 Å². The van der Waals surface area contributed by atoms with Gasteiger partial charge in [0.05, 0.1) is 54.5 Å². The lowest BCUT2D eigenvalue weighted by molar-refractivity contribution is -0.271. The smallest absolute Gasteiger partial charge is 0.410 e. The monoisotopic (exact) mass is 1310 g/mol. The molecule has 4 rings (SSSR count). The summed E-state index contributed by atoms with van der Waals surface area (Å²) in [6.07, 6.45) is -8.53. The summed E-state index contributed by atoms with van der Waals surface area (Å²) < 4.78 is 28.9. The molecule has 8 amide bonds. The number of carboxylic acids is 1. The van der Waals surface area contributed by atoms with E-state index in [1.165, 1.54) is 44.4 Å². The van der Waals surface area contributed by atoms with Crippen LogP contribution in [0.15, 0.2) is 48.5 Å². The topological polar surface area (TPSA) is 371 Å². The second-order valence-corrected chi connectivity index (χ2v) is 25.1. The molecular formula is C66H104N8O19. The summed E-state index contributed by atoms with van der Waals surface area (Å²) in [4.78, 5) is 126. The second kappa shape index (κ2) is 38.4. The summed E-state index contributed by atoms with van der Waals surface area (Å²) in [7, 11) is 5.94. The number of carbonyl (C=O) groups excluding carboxylic acids is 8. The van der Waals surface area contributed by atoms with Crippen LogP contribution in [0.1, 0.15) is 150 Å². The first-order valence-corrected chi connectivity index (χ1v) is 32.4. The van der Waals surface area contributed by atoms with Crippen molar-refractivity contribution in [2.45, 2.75) is 219 Å². The number of nitrogens with zero attached hydrogens (tertiary/aromatic N) is 3. The van der Waals surface area contributed by atoms with Crippen molar-refractivity contribution in [1.29, 1.82) is 0 Å². The van der Waals surface area contributed by atoms with Gasteiger partial charge in [0.2, 0.25) is 47.6 Å². The molecular weight excluding hydrogens is 1210 g/mol. The molecule has 0 aromatic heterocycles. The zero-order valence-corrected chi connectivity index (χ0v) is 56.3. The van der Waals surface area contributed by atoms with Crippen molar-refractivity contribution in [2.75, 3.05) is 53.3 Å². The average Bonchev–Trinajstić information content (AvgIpc) is 1.97. The summed E-state index contributed by atoms with van der Waals surface area (Å²) in [5, 5.41) is 66.0. The first-order chi connectivity index (χ1) is 44.0. The number of hydrogen-bond acceptors (Lipinski definition) is 18. The highest BCUT2D eigenvalue weighted by atomic mass is 16.7. The number of aliphatic hydroxyl groups is 4. The van der Waals surface area contributed by atoms with Crippen molar-refractivity contribution in [3.63, 3.8) is 0 Å². The molecule has 10 unspecified atom stereocenters. The third-order valence-corrected chi connectivity index (χ3v) is 17.4. The van der Waals surface area contributed by atoms with Gasteiger partial charge in [-0.15, -0.1) is 0 Å². The largest absolute Gasteiger partial charge is 0.479 e. The number of rotatable bonds is 37. The van der Waals surface area contributed by atoms with Crippen LogP contribution in [0.3, 0.4) is 0 Å². The SMILES string of the molecule is CCCCCNC(=O)CCCC(=O)NCCC(=O)Nc1cc(COC(=O)N(C)C(C(=O)NC(C(=O)N(C)C(C(C)CC)C(CC(=O)N2CCCC2C(OC)C(C)C(=O)NC(C)C(O)c2ccccc2)OC)C(C)C)C(C)C)ccc1O[C@H]1O[C@H](C(=O)O)[C@@H](O)[C@H](O)[C@H]1O. The fraction of sp³-hybridized carbons (Fsp3) is 0.682. The Balaban J connectivity index is 1.47. The highest BCUT2D eigenvalue weighted by Gasteiger charge is 2.49. The lowest BCUT2D eigenvalue weighted by Gasteiger charge is -2.41.